The van der Waals surface area contributed by atoms with Gasteiger partial charge in [-0.1, -0.05) is 0 Å². The molecule has 0 bridgehead atoms. The van der Waals surface area contributed by atoms with E-state index in [0.29, 0.717) is 0 Å². The highest BCUT2D eigenvalue weighted by atomic mass is 127. The molecule has 2 rings (SSSR count). The summed E-state index contributed by atoms with van der Waals surface area (Å²) in [5.74, 6) is -4.20. The summed E-state index contributed by atoms with van der Waals surface area (Å²) in [6.07, 6.45) is 0.908. The Morgan fingerprint density at radius 3 is 2.73 bits per heavy atom. The van der Waals surface area contributed by atoms with Crippen LogP contribution < -0.4 is 0 Å². The van der Waals surface area contributed by atoms with E-state index in [0.717, 1.165) is 6.08 Å². The normalized spacial score (nSPS) is 34.5. The molecule has 58 valence electrons. The first-order valence-corrected chi connectivity index (χ1v) is 3.86. The summed E-state index contributed by atoms with van der Waals surface area (Å²) >= 11 is 1.41. The van der Waals surface area contributed by atoms with Crippen LogP contribution in [0.2, 0.25) is 0 Å². The maximum Gasteiger partial charge on any atom is 0.295 e. The van der Waals surface area contributed by atoms with Crippen molar-refractivity contribution in [3.8, 4) is 0 Å². The Labute approximate surface area is 73.8 Å². The van der Waals surface area contributed by atoms with E-state index in [2.05, 4.69) is 4.99 Å². The monoisotopic (exact) mass is 271 g/mol. The predicted octanol–water partition coefficient (Wildman–Crippen LogP) is 2.59. The third kappa shape index (κ3) is 0.800. The van der Waals surface area contributed by atoms with Crippen molar-refractivity contribution in [1.82, 2.24) is 0 Å². The fourth-order valence-corrected chi connectivity index (χ4v) is 1.37. The van der Waals surface area contributed by atoms with Crippen molar-refractivity contribution < 1.29 is 13.2 Å². The minimum absolute atomic E-state index is 0.159. The molecule has 1 nitrogen and oxygen atoms in total. The molecule has 2 aliphatic rings. The molecule has 1 aliphatic heterocycles. The number of hydrogen-bond donors (Lipinski definition) is 0. The Balaban J connectivity index is 2.52. The van der Waals surface area contributed by atoms with Gasteiger partial charge < -0.3 is 0 Å². The maximum atomic E-state index is 12.9. The molecular formula is C6HF3IN. The van der Waals surface area contributed by atoms with Crippen LogP contribution in [0.1, 0.15) is 0 Å². The summed E-state index contributed by atoms with van der Waals surface area (Å²) in [5.41, 5.74) is -0.159. The van der Waals surface area contributed by atoms with Crippen LogP contribution in [0.15, 0.2) is 26.3 Å². The average molecular weight is 271 g/mol. The molecule has 0 N–H and O–H groups in total. The number of fused-ring (bicyclic) bond motifs is 1. The minimum atomic E-state index is -2.31. The zero-order valence-electron chi connectivity index (χ0n) is 5.04. The van der Waals surface area contributed by atoms with Crippen LogP contribution in [0.3, 0.4) is 0 Å². The summed E-state index contributed by atoms with van der Waals surface area (Å²) in [6.45, 7) is 0. The second-order valence-corrected chi connectivity index (χ2v) is 3.32. The van der Waals surface area contributed by atoms with Gasteiger partial charge in [0.2, 0.25) is 0 Å². The second-order valence-electron chi connectivity index (χ2n) is 2.24. The van der Waals surface area contributed by atoms with E-state index in [1.807, 2.05) is 0 Å². The molecule has 1 atom stereocenters. The maximum absolute atomic E-state index is 12.9. The van der Waals surface area contributed by atoms with Crippen LogP contribution in [0, 0.1) is 0 Å². The molecule has 0 aromatic rings. The minimum Gasteiger partial charge on any atom is -0.232 e. The highest BCUT2D eigenvalue weighted by Gasteiger charge is 2.55. The first-order valence-electron chi connectivity index (χ1n) is 2.78. The molecule has 1 aliphatic carbocycles. The van der Waals surface area contributed by atoms with Crippen LogP contribution in [-0.4, -0.2) is 11.5 Å². The molecule has 0 fully saturated rings. The van der Waals surface area contributed by atoms with Gasteiger partial charge in [0, 0.05) is 6.08 Å². The number of nitrogens with zero attached hydrogens (tertiary/aromatic N) is 1. The number of rotatable bonds is 0. The highest BCUT2D eigenvalue weighted by molar-refractivity contribution is 14.1. The van der Waals surface area contributed by atoms with E-state index in [1.54, 1.807) is 0 Å². The van der Waals surface area contributed by atoms with Crippen molar-refractivity contribution in [2.75, 3.05) is 0 Å². The van der Waals surface area contributed by atoms with Crippen LogP contribution in [-0.2, 0) is 0 Å². The standard InChI is InChI=1S/C6HF3IN/c7-2-1-3-6(9,11-3)5(8)4(2)10/h1H. The Hall–Kier alpha value is -0.330. The molecule has 11 heavy (non-hydrogen) atoms. The van der Waals surface area contributed by atoms with E-state index in [9.17, 15) is 13.2 Å². The van der Waals surface area contributed by atoms with Gasteiger partial charge in [0.25, 0.3) is 5.79 Å². The Morgan fingerprint density at radius 1 is 1.45 bits per heavy atom. The van der Waals surface area contributed by atoms with Crippen LogP contribution in [0.5, 0.6) is 0 Å². The number of alkyl halides is 1. The molecule has 1 heterocycles. The molecule has 0 aromatic carbocycles. The van der Waals surface area contributed by atoms with Crippen molar-refractivity contribution in [3.05, 3.63) is 21.3 Å². The van der Waals surface area contributed by atoms with Crippen molar-refractivity contribution in [1.29, 1.82) is 0 Å². The lowest BCUT2D eigenvalue weighted by atomic mass is 10.1. The average Bonchev–Trinajstić information content (AvgIpc) is 2.59. The van der Waals surface area contributed by atoms with Crippen LogP contribution in [0.4, 0.5) is 13.2 Å². The summed E-state index contributed by atoms with van der Waals surface area (Å²) in [4.78, 5) is 3.16. The van der Waals surface area contributed by atoms with Crippen LogP contribution in [0.25, 0.3) is 0 Å². The van der Waals surface area contributed by atoms with Gasteiger partial charge in [-0.15, -0.1) is 0 Å². The van der Waals surface area contributed by atoms with Gasteiger partial charge in [0.15, 0.2) is 5.83 Å². The second kappa shape index (κ2) is 1.88. The number of halogens is 4. The van der Waals surface area contributed by atoms with E-state index in [-0.39, 0.29) is 9.29 Å². The summed E-state index contributed by atoms with van der Waals surface area (Å²) < 4.78 is 37.9. The van der Waals surface area contributed by atoms with Crippen molar-refractivity contribution >= 4 is 28.3 Å². The van der Waals surface area contributed by atoms with Crippen molar-refractivity contribution in [3.63, 3.8) is 0 Å². The highest BCUT2D eigenvalue weighted by Crippen LogP contribution is 2.47. The van der Waals surface area contributed by atoms with Crippen molar-refractivity contribution in [2.24, 2.45) is 4.99 Å². The Morgan fingerprint density at radius 2 is 2.09 bits per heavy atom. The zero-order valence-corrected chi connectivity index (χ0v) is 7.19. The van der Waals surface area contributed by atoms with Gasteiger partial charge in [-0.05, 0) is 22.6 Å². The molecule has 0 aromatic heterocycles. The molecule has 0 radical (unpaired) electrons. The Bertz CT molecular complexity index is 331. The quantitative estimate of drug-likeness (QED) is 0.474. The lowest BCUT2D eigenvalue weighted by molar-refractivity contribution is 0.314. The fourth-order valence-electron chi connectivity index (χ4n) is 0.861. The SMILES string of the molecule is FC1=CC2=NC2(F)C(F)=C1I. The molecule has 1 unspecified atom stereocenters. The van der Waals surface area contributed by atoms with Crippen molar-refractivity contribution in [2.45, 2.75) is 5.79 Å². The van der Waals surface area contributed by atoms with Gasteiger partial charge >= 0.3 is 0 Å². The van der Waals surface area contributed by atoms with E-state index in [1.165, 1.54) is 22.6 Å². The van der Waals surface area contributed by atoms with Gasteiger partial charge in [-0.2, -0.15) is 0 Å². The topological polar surface area (TPSA) is 12.4 Å². The van der Waals surface area contributed by atoms with Crippen LogP contribution >= 0.6 is 22.6 Å². The molecular weight excluding hydrogens is 270 g/mol. The molecule has 0 saturated heterocycles. The summed E-state index contributed by atoms with van der Waals surface area (Å²) in [5, 5.41) is 0. The zero-order chi connectivity index (χ0) is 8.22. The van der Waals surface area contributed by atoms with E-state index < -0.39 is 17.4 Å². The van der Waals surface area contributed by atoms with Gasteiger partial charge in [0.1, 0.15) is 11.5 Å². The number of hydrogen-bond acceptors (Lipinski definition) is 1. The Kier molecular flexibility index (Phi) is 1.25. The molecule has 0 saturated carbocycles. The lowest BCUT2D eigenvalue weighted by Gasteiger charge is -2.07. The smallest absolute Gasteiger partial charge is 0.232 e. The van der Waals surface area contributed by atoms with E-state index in [4.69, 9.17) is 0 Å². The van der Waals surface area contributed by atoms with E-state index >= 15 is 0 Å². The van der Waals surface area contributed by atoms with Gasteiger partial charge in [0.05, 0.1) is 3.58 Å². The first-order chi connectivity index (χ1) is 5.05. The summed E-state index contributed by atoms with van der Waals surface area (Å²) in [6, 6.07) is 0. The van der Waals surface area contributed by atoms with Gasteiger partial charge in [-0.25, -0.2) is 18.2 Å². The van der Waals surface area contributed by atoms with Gasteiger partial charge in [-0.3, -0.25) is 0 Å². The molecule has 0 amide bonds. The number of allylic oxidation sites excluding steroid dienone is 2. The fraction of sp³-hybridized carbons (Fsp3) is 0.167. The molecule has 5 heteroatoms. The number of aliphatic imine (C=N–C) groups is 1. The largest absolute Gasteiger partial charge is 0.295 e. The first kappa shape index (κ1) is 7.33. The predicted molar refractivity (Wildman–Crippen MR) is 42.6 cm³/mol. The third-order valence-corrected chi connectivity index (χ3v) is 2.51. The molecule has 0 spiro atoms. The summed E-state index contributed by atoms with van der Waals surface area (Å²) in [7, 11) is 0. The lowest BCUT2D eigenvalue weighted by Crippen LogP contribution is -2.16. The third-order valence-electron chi connectivity index (χ3n) is 1.52.